The molecule has 0 saturated carbocycles. The largest absolute Gasteiger partial charge is 0.360 e. The minimum Gasteiger partial charge on any atom is -0.360 e. The topological polar surface area (TPSA) is 67.4 Å². The van der Waals surface area contributed by atoms with E-state index < -0.39 is 0 Å². The summed E-state index contributed by atoms with van der Waals surface area (Å²) < 4.78 is 7.14. The summed E-state index contributed by atoms with van der Waals surface area (Å²) >= 11 is 0. The van der Waals surface area contributed by atoms with Gasteiger partial charge in [-0.1, -0.05) is 5.16 Å². The lowest BCUT2D eigenvalue weighted by Gasteiger charge is -2.35. The molecule has 0 spiro atoms. The maximum atomic E-state index is 12.9. The molecule has 1 fully saturated rings. The number of piperazine rings is 1. The molecule has 7 heteroatoms. The third-order valence-electron chi connectivity index (χ3n) is 5.11. The van der Waals surface area contributed by atoms with Crippen molar-refractivity contribution in [2.24, 2.45) is 7.05 Å². The van der Waals surface area contributed by atoms with Crippen LogP contribution < -0.4 is 0 Å². The second-order valence-corrected chi connectivity index (χ2v) is 6.97. The van der Waals surface area contributed by atoms with E-state index in [0.717, 1.165) is 61.1 Å². The van der Waals surface area contributed by atoms with Crippen molar-refractivity contribution in [2.45, 2.75) is 40.2 Å². The van der Waals surface area contributed by atoms with Gasteiger partial charge in [-0.05, 0) is 27.7 Å². The molecule has 1 saturated heterocycles. The number of nitrogens with zero attached hydrogens (tertiary/aromatic N) is 5. The lowest BCUT2D eigenvalue weighted by Crippen LogP contribution is -2.49. The van der Waals surface area contributed by atoms with Gasteiger partial charge in [0.1, 0.15) is 0 Å². The van der Waals surface area contributed by atoms with Crippen molar-refractivity contribution >= 4 is 5.91 Å². The summed E-state index contributed by atoms with van der Waals surface area (Å²) in [7, 11) is 1.92. The van der Waals surface area contributed by atoms with Crippen molar-refractivity contribution < 1.29 is 9.32 Å². The first-order valence-corrected chi connectivity index (χ1v) is 8.80. The van der Waals surface area contributed by atoms with E-state index in [1.54, 1.807) is 0 Å². The number of amides is 1. The standard InChI is InChI=1S/C18H27N5O2/c1-12-10-16(25-20-12)11-22-6-8-23(9-7-22)18(24)13(2)17-14(3)19-21(5)15(17)4/h10,13H,6-9,11H2,1-5H3/t13-/m0/s1. The molecule has 3 heterocycles. The quantitative estimate of drug-likeness (QED) is 0.845. The van der Waals surface area contributed by atoms with Crippen LogP contribution in [0.5, 0.6) is 0 Å². The summed E-state index contributed by atoms with van der Waals surface area (Å²) in [5.74, 6) is 0.916. The highest BCUT2D eigenvalue weighted by atomic mass is 16.5. The molecule has 0 N–H and O–H groups in total. The SMILES string of the molecule is Cc1cc(CN2CCN(C(=O)[C@@H](C)c3c(C)nn(C)c3C)CC2)on1. The number of aromatic nitrogens is 3. The average molecular weight is 345 g/mol. The summed E-state index contributed by atoms with van der Waals surface area (Å²) in [6, 6.07) is 1.97. The van der Waals surface area contributed by atoms with Crippen molar-refractivity contribution in [1.29, 1.82) is 0 Å². The van der Waals surface area contributed by atoms with Crippen LogP contribution in [-0.2, 0) is 18.4 Å². The highest BCUT2D eigenvalue weighted by Gasteiger charge is 2.29. The van der Waals surface area contributed by atoms with Crippen LogP contribution in [0.4, 0.5) is 0 Å². The van der Waals surface area contributed by atoms with E-state index in [2.05, 4.69) is 15.2 Å². The van der Waals surface area contributed by atoms with Crippen LogP contribution >= 0.6 is 0 Å². The fourth-order valence-electron chi connectivity index (χ4n) is 3.65. The molecular weight excluding hydrogens is 318 g/mol. The van der Waals surface area contributed by atoms with Crippen LogP contribution in [-0.4, -0.2) is 56.8 Å². The third kappa shape index (κ3) is 3.61. The Bertz CT molecular complexity index is 756. The molecule has 2 aromatic rings. The van der Waals surface area contributed by atoms with Gasteiger partial charge in [0.05, 0.1) is 23.9 Å². The van der Waals surface area contributed by atoms with E-state index in [1.165, 1.54) is 0 Å². The van der Waals surface area contributed by atoms with Gasteiger partial charge in [0, 0.05) is 50.6 Å². The first kappa shape index (κ1) is 17.7. The van der Waals surface area contributed by atoms with Crippen molar-refractivity contribution in [3.8, 4) is 0 Å². The third-order valence-corrected chi connectivity index (χ3v) is 5.11. The number of hydrogen-bond donors (Lipinski definition) is 0. The summed E-state index contributed by atoms with van der Waals surface area (Å²) in [4.78, 5) is 17.2. The molecule has 0 unspecified atom stereocenters. The monoisotopic (exact) mass is 345 g/mol. The maximum Gasteiger partial charge on any atom is 0.230 e. The maximum absolute atomic E-state index is 12.9. The fourth-order valence-corrected chi connectivity index (χ4v) is 3.65. The van der Waals surface area contributed by atoms with Gasteiger partial charge >= 0.3 is 0 Å². The second-order valence-electron chi connectivity index (χ2n) is 6.97. The molecule has 0 aliphatic carbocycles. The van der Waals surface area contributed by atoms with Gasteiger partial charge in [0.15, 0.2) is 5.76 Å². The van der Waals surface area contributed by atoms with Crippen LogP contribution in [0.2, 0.25) is 0 Å². The highest BCUT2D eigenvalue weighted by molar-refractivity contribution is 5.84. The molecule has 1 aliphatic rings. The molecule has 1 atom stereocenters. The Morgan fingerprint density at radius 3 is 2.44 bits per heavy atom. The van der Waals surface area contributed by atoms with Crippen molar-refractivity contribution in [3.63, 3.8) is 0 Å². The van der Waals surface area contributed by atoms with Gasteiger partial charge in [-0.2, -0.15) is 5.10 Å². The van der Waals surface area contributed by atoms with E-state index in [-0.39, 0.29) is 11.8 Å². The van der Waals surface area contributed by atoms with Gasteiger partial charge in [-0.25, -0.2) is 0 Å². The molecule has 3 rings (SSSR count). The van der Waals surface area contributed by atoms with Crippen LogP contribution in [0, 0.1) is 20.8 Å². The van der Waals surface area contributed by atoms with Crippen molar-refractivity contribution in [2.75, 3.05) is 26.2 Å². The number of rotatable bonds is 4. The van der Waals surface area contributed by atoms with Gasteiger partial charge in [-0.3, -0.25) is 14.4 Å². The van der Waals surface area contributed by atoms with E-state index in [9.17, 15) is 4.79 Å². The Hall–Kier alpha value is -2.15. The second kappa shape index (κ2) is 7.00. The van der Waals surface area contributed by atoms with Crippen molar-refractivity contribution in [3.05, 3.63) is 34.5 Å². The van der Waals surface area contributed by atoms with Crippen LogP contribution in [0.1, 0.15) is 41.2 Å². The summed E-state index contributed by atoms with van der Waals surface area (Å²) in [6.07, 6.45) is 0. The first-order valence-electron chi connectivity index (χ1n) is 8.80. The Labute approximate surface area is 148 Å². The van der Waals surface area contributed by atoms with E-state index in [1.807, 2.05) is 50.4 Å². The average Bonchev–Trinajstić information content (AvgIpc) is 3.10. The molecule has 2 aromatic heterocycles. The smallest absolute Gasteiger partial charge is 0.230 e. The van der Waals surface area contributed by atoms with Gasteiger partial charge in [0.2, 0.25) is 5.91 Å². The molecule has 0 aromatic carbocycles. The predicted octanol–water partition coefficient (Wildman–Crippen LogP) is 1.78. The number of aryl methyl sites for hydroxylation is 3. The lowest BCUT2D eigenvalue weighted by molar-refractivity contribution is -0.134. The summed E-state index contributed by atoms with van der Waals surface area (Å²) in [5.41, 5.74) is 3.98. The predicted molar refractivity (Wildman–Crippen MR) is 94.2 cm³/mol. The van der Waals surface area contributed by atoms with Gasteiger partial charge in [-0.15, -0.1) is 0 Å². The Kier molecular flexibility index (Phi) is 4.94. The van der Waals surface area contributed by atoms with Crippen LogP contribution in [0.15, 0.2) is 10.6 Å². The Morgan fingerprint density at radius 2 is 1.92 bits per heavy atom. The van der Waals surface area contributed by atoms with Crippen LogP contribution in [0.3, 0.4) is 0 Å². The van der Waals surface area contributed by atoms with Gasteiger partial charge < -0.3 is 9.42 Å². The lowest BCUT2D eigenvalue weighted by atomic mass is 9.97. The van der Waals surface area contributed by atoms with E-state index >= 15 is 0 Å². The Morgan fingerprint density at radius 1 is 1.24 bits per heavy atom. The summed E-state index contributed by atoms with van der Waals surface area (Å²) in [6.45, 7) is 11.9. The molecule has 136 valence electrons. The van der Waals surface area contributed by atoms with E-state index in [0.29, 0.717) is 0 Å². The minimum atomic E-state index is -0.155. The highest BCUT2D eigenvalue weighted by Crippen LogP contribution is 2.25. The molecule has 1 amide bonds. The van der Waals surface area contributed by atoms with Crippen LogP contribution in [0.25, 0.3) is 0 Å². The molecule has 0 bridgehead atoms. The zero-order valence-corrected chi connectivity index (χ0v) is 15.7. The molecule has 1 aliphatic heterocycles. The van der Waals surface area contributed by atoms with Crippen molar-refractivity contribution in [1.82, 2.24) is 24.7 Å². The molecular formula is C18H27N5O2. The number of carbonyl (C=O) groups excluding carboxylic acids is 1. The molecule has 25 heavy (non-hydrogen) atoms. The summed E-state index contributed by atoms with van der Waals surface area (Å²) in [5, 5.41) is 8.37. The number of hydrogen-bond acceptors (Lipinski definition) is 5. The normalized spacial score (nSPS) is 17.1. The minimum absolute atomic E-state index is 0.155. The zero-order valence-electron chi connectivity index (χ0n) is 15.7. The van der Waals surface area contributed by atoms with E-state index in [4.69, 9.17) is 4.52 Å². The first-order chi connectivity index (χ1) is 11.9. The zero-order chi connectivity index (χ0) is 18.1. The fraction of sp³-hybridized carbons (Fsp3) is 0.611. The Balaban J connectivity index is 1.59. The number of carbonyl (C=O) groups is 1. The molecule has 0 radical (unpaired) electrons. The van der Waals surface area contributed by atoms with Gasteiger partial charge in [0.25, 0.3) is 0 Å². The molecule has 7 nitrogen and oxygen atoms in total.